The zero-order valence-corrected chi connectivity index (χ0v) is 10.6. The molecule has 94 valence electrons. The van der Waals surface area contributed by atoms with Gasteiger partial charge in [-0.15, -0.1) is 10.2 Å². The summed E-state index contributed by atoms with van der Waals surface area (Å²) in [6.45, 7) is 0.930. The van der Waals surface area contributed by atoms with Gasteiger partial charge in [-0.1, -0.05) is 23.9 Å². The fourth-order valence-corrected chi connectivity index (χ4v) is 2.69. The van der Waals surface area contributed by atoms with Gasteiger partial charge in [-0.25, -0.2) is 9.07 Å². The molecule has 0 bridgehead atoms. The van der Waals surface area contributed by atoms with Crippen LogP contribution < -0.4 is 5.43 Å². The third kappa shape index (κ3) is 2.33. The highest BCUT2D eigenvalue weighted by Gasteiger charge is 2.15. The first-order valence-corrected chi connectivity index (χ1v) is 6.87. The van der Waals surface area contributed by atoms with Crippen LogP contribution in [-0.4, -0.2) is 27.2 Å². The zero-order valence-electron chi connectivity index (χ0n) is 9.77. The smallest absolute Gasteiger partial charge is 0.210 e. The second kappa shape index (κ2) is 4.97. The number of halogens is 1. The number of fused-ring (bicyclic) bond motifs is 1. The normalized spacial score (nSPS) is 14.1. The molecule has 0 saturated heterocycles. The first-order chi connectivity index (χ1) is 8.83. The molecule has 0 aliphatic carbocycles. The number of benzene rings is 1. The minimum absolute atomic E-state index is 0.198. The first kappa shape index (κ1) is 11.5. The van der Waals surface area contributed by atoms with E-state index in [0.29, 0.717) is 0 Å². The van der Waals surface area contributed by atoms with Gasteiger partial charge in [-0.3, -0.25) is 0 Å². The van der Waals surface area contributed by atoms with Crippen LogP contribution in [0.15, 0.2) is 29.4 Å². The quantitative estimate of drug-likeness (QED) is 0.918. The van der Waals surface area contributed by atoms with Crippen LogP contribution in [0.25, 0.3) is 0 Å². The number of rotatable bonds is 3. The Morgan fingerprint density at radius 2 is 2.06 bits per heavy atom. The second-order valence-electron chi connectivity index (χ2n) is 4.12. The Bertz CT molecular complexity index is 538. The Morgan fingerprint density at radius 3 is 2.89 bits per heavy atom. The van der Waals surface area contributed by atoms with Crippen LogP contribution in [0, 0.1) is 5.82 Å². The number of aryl methyl sites for hydroxylation is 2. The molecule has 2 aromatic rings. The fraction of sp³-hybridized carbons (Fsp3) is 0.333. The van der Waals surface area contributed by atoms with Crippen molar-refractivity contribution < 1.29 is 4.39 Å². The molecule has 0 unspecified atom stereocenters. The standard InChI is InChI=1S/C12H13FN4S/c13-10-4-1-9(2-5-10)3-6-11-15-16-12-17(11)14-7-8-18-12/h1-2,4-5,14H,3,6-8H2. The minimum Gasteiger partial charge on any atom is -0.321 e. The molecule has 1 aliphatic heterocycles. The van der Waals surface area contributed by atoms with Gasteiger partial charge in [0.15, 0.2) is 5.82 Å². The predicted octanol–water partition coefficient (Wildman–Crippen LogP) is 1.85. The van der Waals surface area contributed by atoms with Crippen molar-refractivity contribution >= 4 is 11.8 Å². The first-order valence-electron chi connectivity index (χ1n) is 5.88. The van der Waals surface area contributed by atoms with Crippen molar-refractivity contribution in [3.05, 3.63) is 41.5 Å². The molecule has 6 heteroatoms. The molecule has 0 fully saturated rings. The Kier molecular flexibility index (Phi) is 3.19. The van der Waals surface area contributed by atoms with Crippen LogP contribution >= 0.6 is 11.8 Å². The molecule has 0 atom stereocenters. The Hall–Kier alpha value is -1.56. The molecule has 2 heterocycles. The van der Waals surface area contributed by atoms with Crippen molar-refractivity contribution in [2.24, 2.45) is 0 Å². The lowest BCUT2D eigenvalue weighted by atomic mass is 10.1. The molecule has 4 nitrogen and oxygen atoms in total. The van der Waals surface area contributed by atoms with Gasteiger partial charge in [0.05, 0.1) is 0 Å². The maximum Gasteiger partial charge on any atom is 0.210 e. The summed E-state index contributed by atoms with van der Waals surface area (Å²) in [6, 6.07) is 6.60. The fourth-order valence-electron chi connectivity index (χ4n) is 1.92. The van der Waals surface area contributed by atoms with Crippen molar-refractivity contribution in [3.8, 4) is 0 Å². The van der Waals surface area contributed by atoms with Gasteiger partial charge in [-0.2, -0.15) is 0 Å². The van der Waals surface area contributed by atoms with E-state index in [1.54, 1.807) is 11.8 Å². The van der Waals surface area contributed by atoms with Crippen molar-refractivity contribution in [1.29, 1.82) is 0 Å². The molecule has 18 heavy (non-hydrogen) atoms. The largest absolute Gasteiger partial charge is 0.321 e. The summed E-state index contributed by atoms with van der Waals surface area (Å²) in [7, 11) is 0. The molecular formula is C12H13FN4S. The van der Waals surface area contributed by atoms with Gasteiger partial charge >= 0.3 is 0 Å². The number of hydrogen-bond donors (Lipinski definition) is 1. The van der Waals surface area contributed by atoms with Crippen LogP contribution in [0.4, 0.5) is 4.39 Å². The van der Waals surface area contributed by atoms with Crippen LogP contribution in [0.3, 0.4) is 0 Å². The lowest BCUT2D eigenvalue weighted by Crippen LogP contribution is -2.25. The van der Waals surface area contributed by atoms with Crippen molar-refractivity contribution in [2.75, 3.05) is 17.7 Å². The van der Waals surface area contributed by atoms with E-state index < -0.39 is 0 Å². The van der Waals surface area contributed by atoms with Gasteiger partial charge in [0, 0.05) is 18.7 Å². The van der Waals surface area contributed by atoms with Crippen LogP contribution in [0.2, 0.25) is 0 Å². The predicted molar refractivity (Wildman–Crippen MR) is 68.8 cm³/mol. The van der Waals surface area contributed by atoms with E-state index in [-0.39, 0.29) is 5.82 Å². The molecule has 0 amide bonds. The van der Waals surface area contributed by atoms with Gasteiger partial charge in [0.25, 0.3) is 0 Å². The summed E-state index contributed by atoms with van der Waals surface area (Å²) < 4.78 is 14.7. The average molecular weight is 264 g/mol. The number of hydrogen-bond acceptors (Lipinski definition) is 4. The summed E-state index contributed by atoms with van der Waals surface area (Å²) in [5.74, 6) is 1.76. The zero-order chi connectivity index (χ0) is 12.4. The Labute approximate surface area is 109 Å². The topological polar surface area (TPSA) is 42.7 Å². The molecule has 0 saturated carbocycles. The lowest BCUT2D eigenvalue weighted by molar-refractivity contribution is 0.626. The third-order valence-corrected chi connectivity index (χ3v) is 3.78. The van der Waals surface area contributed by atoms with E-state index in [2.05, 4.69) is 15.6 Å². The molecule has 0 spiro atoms. The van der Waals surface area contributed by atoms with E-state index in [1.807, 2.05) is 16.8 Å². The summed E-state index contributed by atoms with van der Waals surface area (Å²) in [6.07, 6.45) is 1.64. The van der Waals surface area contributed by atoms with Crippen molar-refractivity contribution in [2.45, 2.75) is 18.0 Å². The van der Waals surface area contributed by atoms with Crippen molar-refractivity contribution in [1.82, 2.24) is 14.9 Å². The molecule has 0 radical (unpaired) electrons. The monoisotopic (exact) mass is 264 g/mol. The summed E-state index contributed by atoms with van der Waals surface area (Å²) in [5, 5.41) is 9.25. The highest BCUT2D eigenvalue weighted by atomic mass is 32.2. The number of thioether (sulfide) groups is 1. The molecular weight excluding hydrogens is 251 g/mol. The van der Waals surface area contributed by atoms with Gasteiger partial charge in [0.2, 0.25) is 5.16 Å². The maximum absolute atomic E-state index is 12.8. The molecule has 1 N–H and O–H groups in total. The van der Waals surface area contributed by atoms with Crippen LogP contribution in [-0.2, 0) is 12.8 Å². The van der Waals surface area contributed by atoms with Crippen molar-refractivity contribution in [3.63, 3.8) is 0 Å². The minimum atomic E-state index is -0.198. The SMILES string of the molecule is Fc1ccc(CCc2nnc3n2NCCS3)cc1. The molecule has 1 aliphatic rings. The second-order valence-corrected chi connectivity index (χ2v) is 5.18. The molecule has 3 rings (SSSR count). The van der Waals surface area contributed by atoms with E-state index in [9.17, 15) is 4.39 Å². The van der Waals surface area contributed by atoms with Gasteiger partial charge in [0.1, 0.15) is 5.82 Å². The van der Waals surface area contributed by atoms with Crippen LogP contribution in [0.5, 0.6) is 0 Å². The highest BCUT2D eigenvalue weighted by Crippen LogP contribution is 2.19. The number of nitrogens with one attached hydrogen (secondary N) is 1. The van der Waals surface area contributed by atoms with E-state index in [1.165, 1.54) is 12.1 Å². The molecule has 1 aromatic heterocycles. The summed E-state index contributed by atoms with van der Waals surface area (Å²) in [5.41, 5.74) is 4.38. The molecule has 1 aromatic carbocycles. The lowest BCUT2D eigenvalue weighted by Gasteiger charge is -2.16. The van der Waals surface area contributed by atoms with Crippen LogP contribution in [0.1, 0.15) is 11.4 Å². The summed E-state index contributed by atoms with van der Waals surface area (Å²) >= 11 is 1.71. The highest BCUT2D eigenvalue weighted by molar-refractivity contribution is 7.99. The van der Waals surface area contributed by atoms with Gasteiger partial charge < -0.3 is 5.43 Å². The average Bonchev–Trinajstić information content (AvgIpc) is 2.82. The van der Waals surface area contributed by atoms with E-state index >= 15 is 0 Å². The van der Waals surface area contributed by atoms with E-state index in [0.717, 1.165) is 41.7 Å². The number of nitrogens with zero attached hydrogens (tertiary/aromatic N) is 3. The van der Waals surface area contributed by atoms with Gasteiger partial charge in [-0.05, 0) is 24.1 Å². The van der Waals surface area contributed by atoms with E-state index in [4.69, 9.17) is 0 Å². The summed E-state index contributed by atoms with van der Waals surface area (Å²) in [4.78, 5) is 0. The number of aromatic nitrogens is 3. The Morgan fingerprint density at radius 1 is 1.22 bits per heavy atom. The third-order valence-electron chi connectivity index (χ3n) is 2.85. The maximum atomic E-state index is 12.8. The Balaban J connectivity index is 1.70.